The number of hydrogen-bond acceptors (Lipinski definition) is 1. The third-order valence-corrected chi connectivity index (χ3v) is 2.46. The number of benzene rings is 1. The molecule has 0 spiro atoms. The SMILES string of the molecule is CC.CCn1nc2ccc(C)cc2c1C. The molecule has 0 aliphatic rings. The molecular formula is C13H20N2. The summed E-state index contributed by atoms with van der Waals surface area (Å²) in [6.07, 6.45) is 0. The molecule has 0 amide bonds. The van der Waals surface area contributed by atoms with E-state index in [0.717, 1.165) is 12.1 Å². The van der Waals surface area contributed by atoms with Crippen molar-refractivity contribution in [1.29, 1.82) is 0 Å². The van der Waals surface area contributed by atoms with E-state index in [-0.39, 0.29) is 0 Å². The van der Waals surface area contributed by atoms with Gasteiger partial charge in [0.05, 0.1) is 5.52 Å². The molecule has 1 heterocycles. The first-order chi connectivity index (χ1) is 7.22. The lowest BCUT2D eigenvalue weighted by molar-refractivity contribution is 0.647. The maximum absolute atomic E-state index is 4.49. The van der Waals surface area contributed by atoms with E-state index in [2.05, 4.69) is 44.1 Å². The molecule has 1 aromatic carbocycles. The van der Waals surface area contributed by atoms with Crippen molar-refractivity contribution in [2.45, 2.75) is 41.2 Å². The molecule has 2 nitrogen and oxygen atoms in total. The monoisotopic (exact) mass is 204 g/mol. The van der Waals surface area contributed by atoms with Gasteiger partial charge in [0.15, 0.2) is 0 Å². The molecule has 0 N–H and O–H groups in total. The summed E-state index contributed by atoms with van der Waals surface area (Å²) >= 11 is 0. The molecule has 2 aromatic rings. The number of rotatable bonds is 1. The minimum absolute atomic E-state index is 0.944. The van der Waals surface area contributed by atoms with Gasteiger partial charge < -0.3 is 0 Å². The third kappa shape index (κ3) is 2.20. The molecule has 1 aromatic heterocycles. The van der Waals surface area contributed by atoms with Crippen LogP contribution in [0.5, 0.6) is 0 Å². The van der Waals surface area contributed by atoms with Crippen LogP contribution in [0.25, 0.3) is 10.9 Å². The highest BCUT2D eigenvalue weighted by Gasteiger charge is 2.04. The Balaban J connectivity index is 0.000000531. The molecule has 2 rings (SSSR count). The summed E-state index contributed by atoms with van der Waals surface area (Å²) in [6.45, 7) is 11.3. The molecule has 0 radical (unpaired) electrons. The minimum Gasteiger partial charge on any atom is -0.269 e. The lowest BCUT2D eigenvalue weighted by Gasteiger charge is -1.96. The molecule has 0 bridgehead atoms. The summed E-state index contributed by atoms with van der Waals surface area (Å²) in [4.78, 5) is 0. The summed E-state index contributed by atoms with van der Waals surface area (Å²) in [5, 5.41) is 5.77. The minimum atomic E-state index is 0.944. The summed E-state index contributed by atoms with van der Waals surface area (Å²) in [5.74, 6) is 0. The van der Waals surface area contributed by atoms with Crippen LogP contribution in [0.2, 0.25) is 0 Å². The molecule has 0 saturated heterocycles. The lowest BCUT2D eigenvalue weighted by atomic mass is 10.1. The molecule has 82 valence electrons. The molecule has 0 aliphatic heterocycles. The molecule has 2 heteroatoms. The second-order valence-electron chi connectivity index (χ2n) is 3.42. The van der Waals surface area contributed by atoms with Crippen LogP contribution in [-0.4, -0.2) is 9.78 Å². The van der Waals surface area contributed by atoms with Crippen LogP contribution in [0.15, 0.2) is 18.2 Å². The zero-order valence-corrected chi connectivity index (χ0v) is 10.3. The normalized spacial score (nSPS) is 9.93. The van der Waals surface area contributed by atoms with Gasteiger partial charge in [-0.05, 0) is 32.9 Å². The number of hydrogen-bond donors (Lipinski definition) is 0. The first kappa shape index (κ1) is 11.8. The van der Waals surface area contributed by atoms with Crippen LogP contribution >= 0.6 is 0 Å². The van der Waals surface area contributed by atoms with Crippen LogP contribution in [0.4, 0.5) is 0 Å². The zero-order valence-electron chi connectivity index (χ0n) is 10.3. The Bertz CT molecular complexity index is 441. The van der Waals surface area contributed by atoms with Crippen LogP contribution < -0.4 is 0 Å². The van der Waals surface area contributed by atoms with E-state index in [1.54, 1.807) is 0 Å². The number of aromatic nitrogens is 2. The predicted molar refractivity (Wildman–Crippen MR) is 66.2 cm³/mol. The van der Waals surface area contributed by atoms with Gasteiger partial charge in [-0.25, -0.2) is 0 Å². The largest absolute Gasteiger partial charge is 0.269 e. The number of nitrogens with zero attached hydrogens (tertiary/aromatic N) is 2. The lowest BCUT2D eigenvalue weighted by Crippen LogP contribution is -1.97. The second-order valence-corrected chi connectivity index (χ2v) is 3.42. The molecule has 15 heavy (non-hydrogen) atoms. The maximum atomic E-state index is 4.49. The van der Waals surface area contributed by atoms with Gasteiger partial charge in [0.25, 0.3) is 0 Å². The Labute approximate surface area is 91.9 Å². The van der Waals surface area contributed by atoms with Crippen molar-refractivity contribution in [2.75, 3.05) is 0 Å². The highest BCUT2D eigenvalue weighted by Crippen LogP contribution is 2.18. The highest BCUT2D eigenvalue weighted by molar-refractivity contribution is 5.82. The topological polar surface area (TPSA) is 17.8 Å². The van der Waals surface area contributed by atoms with Crippen molar-refractivity contribution in [1.82, 2.24) is 9.78 Å². The first-order valence-corrected chi connectivity index (χ1v) is 5.66. The fraction of sp³-hybridized carbons (Fsp3) is 0.462. The summed E-state index contributed by atoms with van der Waals surface area (Å²) in [5.41, 5.74) is 3.66. The maximum Gasteiger partial charge on any atom is 0.0926 e. The van der Waals surface area contributed by atoms with Crippen molar-refractivity contribution < 1.29 is 0 Å². The Morgan fingerprint density at radius 2 is 1.87 bits per heavy atom. The summed E-state index contributed by atoms with van der Waals surface area (Å²) in [7, 11) is 0. The number of fused-ring (bicyclic) bond motifs is 1. The van der Waals surface area contributed by atoms with Crippen molar-refractivity contribution in [3.05, 3.63) is 29.5 Å². The van der Waals surface area contributed by atoms with Gasteiger partial charge in [-0.2, -0.15) is 5.10 Å². The Kier molecular flexibility index (Phi) is 3.89. The van der Waals surface area contributed by atoms with Gasteiger partial charge in [-0.1, -0.05) is 25.5 Å². The molecular weight excluding hydrogens is 184 g/mol. The van der Waals surface area contributed by atoms with Crippen molar-refractivity contribution in [3.8, 4) is 0 Å². The van der Waals surface area contributed by atoms with Gasteiger partial charge in [-0.15, -0.1) is 0 Å². The zero-order chi connectivity index (χ0) is 11.4. The van der Waals surface area contributed by atoms with Gasteiger partial charge in [0.1, 0.15) is 0 Å². The molecule has 0 aliphatic carbocycles. The second kappa shape index (κ2) is 4.96. The predicted octanol–water partition coefficient (Wildman–Crippen LogP) is 3.70. The van der Waals surface area contributed by atoms with Crippen molar-refractivity contribution in [3.63, 3.8) is 0 Å². The quantitative estimate of drug-likeness (QED) is 0.692. The average molecular weight is 204 g/mol. The molecule has 0 fully saturated rings. The van der Waals surface area contributed by atoms with Crippen LogP contribution in [0.1, 0.15) is 32.0 Å². The fourth-order valence-electron chi connectivity index (χ4n) is 1.68. The van der Waals surface area contributed by atoms with E-state index in [4.69, 9.17) is 0 Å². The van der Waals surface area contributed by atoms with E-state index in [1.807, 2.05) is 18.5 Å². The summed E-state index contributed by atoms with van der Waals surface area (Å²) in [6, 6.07) is 6.39. The highest BCUT2D eigenvalue weighted by atomic mass is 15.3. The van der Waals surface area contributed by atoms with Crippen LogP contribution in [0.3, 0.4) is 0 Å². The Morgan fingerprint density at radius 3 is 2.47 bits per heavy atom. The van der Waals surface area contributed by atoms with Crippen molar-refractivity contribution >= 4 is 10.9 Å². The Morgan fingerprint density at radius 1 is 1.20 bits per heavy atom. The molecule has 0 saturated carbocycles. The molecule has 0 atom stereocenters. The first-order valence-electron chi connectivity index (χ1n) is 5.66. The van der Waals surface area contributed by atoms with E-state index in [1.165, 1.54) is 16.6 Å². The Hall–Kier alpha value is -1.31. The standard InChI is InChI=1S/C11H14N2.C2H6/c1-4-13-9(3)10-7-8(2)5-6-11(10)12-13;1-2/h5-7H,4H2,1-3H3;1-2H3. The van der Waals surface area contributed by atoms with Crippen molar-refractivity contribution in [2.24, 2.45) is 0 Å². The summed E-state index contributed by atoms with van der Waals surface area (Å²) < 4.78 is 2.05. The van der Waals surface area contributed by atoms with Crippen LogP contribution in [0, 0.1) is 13.8 Å². The fourth-order valence-corrected chi connectivity index (χ4v) is 1.68. The van der Waals surface area contributed by atoms with E-state index in [0.29, 0.717) is 0 Å². The third-order valence-electron chi connectivity index (χ3n) is 2.46. The van der Waals surface area contributed by atoms with E-state index >= 15 is 0 Å². The molecule has 0 unspecified atom stereocenters. The van der Waals surface area contributed by atoms with Gasteiger partial charge in [0.2, 0.25) is 0 Å². The van der Waals surface area contributed by atoms with Gasteiger partial charge in [-0.3, -0.25) is 4.68 Å². The number of aryl methyl sites for hydroxylation is 3. The van der Waals surface area contributed by atoms with Gasteiger partial charge >= 0.3 is 0 Å². The van der Waals surface area contributed by atoms with E-state index < -0.39 is 0 Å². The van der Waals surface area contributed by atoms with Gasteiger partial charge in [0, 0.05) is 17.6 Å². The van der Waals surface area contributed by atoms with Crippen LogP contribution in [-0.2, 0) is 6.54 Å². The average Bonchev–Trinajstić information content (AvgIpc) is 2.59. The van der Waals surface area contributed by atoms with E-state index in [9.17, 15) is 0 Å². The smallest absolute Gasteiger partial charge is 0.0926 e.